The van der Waals surface area contributed by atoms with Gasteiger partial charge in [0.05, 0.1) is 6.61 Å². The molecule has 0 aliphatic heterocycles. The number of ether oxygens (including phenoxy) is 1. The number of halogens is 2. The molecule has 0 saturated carbocycles. The fourth-order valence-electron chi connectivity index (χ4n) is 1.62. The highest BCUT2D eigenvalue weighted by atomic mass is 19.3. The molecule has 0 saturated heterocycles. The van der Waals surface area contributed by atoms with Crippen molar-refractivity contribution in [3.05, 3.63) is 29.8 Å². The Morgan fingerprint density at radius 1 is 1.33 bits per heavy atom. The van der Waals surface area contributed by atoms with Crippen LogP contribution in [-0.4, -0.2) is 30.8 Å². The molecule has 2 N–H and O–H groups in total. The first-order chi connectivity index (χ1) is 8.56. The number of benzene rings is 1. The number of aliphatic hydroxyl groups is 1. The van der Waals surface area contributed by atoms with Crippen molar-refractivity contribution < 1.29 is 18.6 Å². The van der Waals surface area contributed by atoms with Crippen molar-refractivity contribution >= 4 is 0 Å². The Labute approximate surface area is 106 Å². The summed E-state index contributed by atoms with van der Waals surface area (Å²) in [5.41, 5.74) is 0.890. The Balaban J connectivity index is 2.63. The molecule has 102 valence electrons. The number of hydrogen-bond donors (Lipinski definition) is 2. The summed E-state index contributed by atoms with van der Waals surface area (Å²) in [4.78, 5) is 0. The number of alkyl halides is 2. The summed E-state index contributed by atoms with van der Waals surface area (Å²) in [6.07, 6.45) is -4.38. The van der Waals surface area contributed by atoms with Gasteiger partial charge in [-0.05, 0) is 19.9 Å². The van der Waals surface area contributed by atoms with Crippen LogP contribution in [-0.2, 0) is 0 Å². The second-order valence-corrected chi connectivity index (χ2v) is 4.00. The number of rotatable bonds is 7. The van der Waals surface area contributed by atoms with E-state index in [0.717, 1.165) is 11.3 Å². The molecule has 0 spiro atoms. The van der Waals surface area contributed by atoms with Gasteiger partial charge in [-0.3, -0.25) is 0 Å². The molecule has 1 aromatic carbocycles. The third kappa shape index (κ3) is 4.23. The summed E-state index contributed by atoms with van der Waals surface area (Å²) in [7, 11) is 0. The Morgan fingerprint density at radius 2 is 2.00 bits per heavy atom. The average Bonchev–Trinajstić information content (AvgIpc) is 2.36. The summed E-state index contributed by atoms with van der Waals surface area (Å²) < 4.78 is 29.8. The number of nitrogens with one attached hydrogen (secondary N) is 1. The van der Waals surface area contributed by atoms with E-state index in [2.05, 4.69) is 5.32 Å². The fraction of sp³-hybridized carbons (Fsp3) is 0.538. The normalized spacial score (nSPS) is 14.6. The van der Waals surface area contributed by atoms with Crippen molar-refractivity contribution in [1.29, 1.82) is 0 Å². The SMILES string of the molecule is CCOc1ccccc1C(C)NCC(O)C(F)F. The van der Waals surface area contributed by atoms with E-state index in [1.165, 1.54) is 0 Å². The molecule has 18 heavy (non-hydrogen) atoms. The van der Waals surface area contributed by atoms with E-state index < -0.39 is 12.5 Å². The minimum Gasteiger partial charge on any atom is -0.494 e. The molecule has 0 aliphatic rings. The smallest absolute Gasteiger partial charge is 0.265 e. The first-order valence-corrected chi connectivity index (χ1v) is 5.97. The lowest BCUT2D eigenvalue weighted by atomic mass is 10.1. The van der Waals surface area contributed by atoms with Gasteiger partial charge in [0.15, 0.2) is 0 Å². The fourth-order valence-corrected chi connectivity index (χ4v) is 1.62. The van der Waals surface area contributed by atoms with E-state index in [4.69, 9.17) is 9.84 Å². The Hall–Kier alpha value is -1.20. The van der Waals surface area contributed by atoms with Crippen molar-refractivity contribution in [2.45, 2.75) is 32.4 Å². The second-order valence-electron chi connectivity index (χ2n) is 4.00. The minimum atomic E-state index is -2.73. The van der Waals surface area contributed by atoms with Gasteiger partial charge in [0.2, 0.25) is 0 Å². The lowest BCUT2D eigenvalue weighted by Crippen LogP contribution is -2.33. The van der Waals surface area contributed by atoms with E-state index in [-0.39, 0.29) is 12.6 Å². The highest BCUT2D eigenvalue weighted by Gasteiger charge is 2.18. The highest BCUT2D eigenvalue weighted by Crippen LogP contribution is 2.24. The number of hydrogen-bond acceptors (Lipinski definition) is 3. The largest absolute Gasteiger partial charge is 0.494 e. The van der Waals surface area contributed by atoms with Crippen LogP contribution in [0.3, 0.4) is 0 Å². The molecule has 1 aromatic rings. The topological polar surface area (TPSA) is 41.5 Å². The molecule has 1 rings (SSSR count). The third-order valence-electron chi connectivity index (χ3n) is 2.61. The van der Waals surface area contributed by atoms with E-state index in [1.54, 1.807) is 0 Å². The van der Waals surface area contributed by atoms with Crippen LogP contribution in [0.1, 0.15) is 25.5 Å². The van der Waals surface area contributed by atoms with Crippen molar-refractivity contribution in [3.63, 3.8) is 0 Å². The minimum absolute atomic E-state index is 0.153. The molecule has 0 aromatic heterocycles. The van der Waals surface area contributed by atoms with Crippen molar-refractivity contribution in [2.24, 2.45) is 0 Å². The van der Waals surface area contributed by atoms with Crippen LogP contribution >= 0.6 is 0 Å². The first kappa shape index (κ1) is 14.9. The van der Waals surface area contributed by atoms with Crippen molar-refractivity contribution in [1.82, 2.24) is 5.32 Å². The zero-order chi connectivity index (χ0) is 13.5. The van der Waals surface area contributed by atoms with Gasteiger partial charge in [-0.2, -0.15) is 0 Å². The van der Waals surface area contributed by atoms with Gasteiger partial charge in [0.1, 0.15) is 11.9 Å². The molecule has 0 amide bonds. The number of para-hydroxylation sites is 1. The molecule has 0 fully saturated rings. The summed E-state index contributed by atoms with van der Waals surface area (Å²) >= 11 is 0. The molecule has 2 unspecified atom stereocenters. The molecular weight excluding hydrogens is 240 g/mol. The van der Waals surface area contributed by atoms with Gasteiger partial charge < -0.3 is 15.2 Å². The molecule has 0 aliphatic carbocycles. The maximum atomic E-state index is 12.2. The predicted octanol–water partition coefficient (Wildman–Crippen LogP) is 2.36. The molecule has 0 bridgehead atoms. The average molecular weight is 259 g/mol. The maximum Gasteiger partial charge on any atom is 0.265 e. The van der Waals surface area contributed by atoms with E-state index in [9.17, 15) is 8.78 Å². The van der Waals surface area contributed by atoms with Gasteiger partial charge in [-0.1, -0.05) is 18.2 Å². The van der Waals surface area contributed by atoms with Crippen LogP contribution in [0.2, 0.25) is 0 Å². The molecule has 0 heterocycles. The molecule has 0 radical (unpaired) electrons. The summed E-state index contributed by atoms with van der Waals surface area (Å²) in [5, 5.41) is 11.9. The summed E-state index contributed by atoms with van der Waals surface area (Å²) in [6, 6.07) is 7.26. The van der Waals surface area contributed by atoms with Crippen LogP contribution in [0.25, 0.3) is 0 Å². The third-order valence-corrected chi connectivity index (χ3v) is 2.61. The van der Waals surface area contributed by atoms with Crippen LogP contribution in [0.15, 0.2) is 24.3 Å². The van der Waals surface area contributed by atoms with E-state index >= 15 is 0 Å². The standard InChI is InChI=1S/C13H19F2NO2/c1-3-18-12-7-5-4-6-10(12)9(2)16-8-11(17)13(14)15/h4-7,9,11,13,16-17H,3,8H2,1-2H3. The quantitative estimate of drug-likeness (QED) is 0.790. The lowest BCUT2D eigenvalue weighted by Gasteiger charge is -2.19. The van der Waals surface area contributed by atoms with E-state index in [0.29, 0.717) is 6.61 Å². The Kier molecular flexibility index (Phi) is 6.01. The van der Waals surface area contributed by atoms with Crippen molar-refractivity contribution in [3.8, 4) is 5.75 Å². The van der Waals surface area contributed by atoms with E-state index in [1.807, 2.05) is 38.1 Å². The summed E-state index contributed by atoms with van der Waals surface area (Å²) in [6.45, 7) is 4.12. The van der Waals surface area contributed by atoms with Gasteiger partial charge in [-0.25, -0.2) is 8.78 Å². The van der Waals surface area contributed by atoms with Crippen LogP contribution in [0.5, 0.6) is 5.75 Å². The van der Waals surface area contributed by atoms with Crippen LogP contribution in [0, 0.1) is 0 Å². The highest BCUT2D eigenvalue weighted by molar-refractivity contribution is 5.35. The first-order valence-electron chi connectivity index (χ1n) is 5.97. The lowest BCUT2D eigenvalue weighted by molar-refractivity contribution is -0.00442. The maximum absolute atomic E-state index is 12.2. The predicted molar refractivity (Wildman–Crippen MR) is 66.0 cm³/mol. The zero-order valence-electron chi connectivity index (χ0n) is 10.6. The molecule has 5 heteroatoms. The van der Waals surface area contributed by atoms with Crippen molar-refractivity contribution in [2.75, 3.05) is 13.2 Å². The summed E-state index contributed by atoms with van der Waals surface area (Å²) in [5.74, 6) is 0.728. The van der Waals surface area contributed by atoms with Gasteiger partial charge >= 0.3 is 0 Å². The Morgan fingerprint density at radius 3 is 2.61 bits per heavy atom. The van der Waals surface area contributed by atoms with Crippen LogP contribution in [0.4, 0.5) is 8.78 Å². The number of aliphatic hydroxyl groups excluding tert-OH is 1. The van der Waals surface area contributed by atoms with Crippen LogP contribution < -0.4 is 10.1 Å². The van der Waals surface area contributed by atoms with Gasteiger partial charge in [0.25, 0.3) is 6.43 Å². The van der Waals surface area contributed by atoms with Gasteiger partial charge in [0, 0.05) is 18.2 Å². The molecular formula is C13H19F2NO2. The molecule has 2 atom stereocenters. The second kappa shape index (κ2) is 7.28. The van der Waals surface area contributed by atoms with Gasteiger partial charge in [-0.15, -0.1) is 0 Å². The molecule has 3 nitrogen and oxygen atoms in total. The monoisotopic (exact) mass is 259 g/mol. The zero-order valence-corrected chi connectivity index (χ0v) is 10.6. The Bertz CT molecular complexity index is 361.